The summed E-state index contributed by atoms with van der Waals surface area (Å²) in [6, 6.07) is 16.2. The number of allylic oxidation sites excluding steroid dienone is 1. The quantitative estimate of drug-likeness (QED) is 0.134. The molecule has 7 nitrogen and oxygen atoms in total. The first-order valence-electron chi connectivity index (χ1n) is 9.57. The van der Waals surface area contributed by atoms with E-state index in [0.717, 1.165) is 6.07 Å². The normalized spacial score (nSPS) is 11.4. The molecule has 0 bridgehead atoms. The average molecular weight is 468 g/mol. The number of ether oxygens (including phenoxy) is 2. The first-order valence-corrected chi connectivity index (χ1v) is 9.57. The van der Waals surface area contributed by atoms with Crippen molar-refractivity contribution in [3.63, 3.8) is 0 Å². The zero-order chi connectivity index (χ0) is 24.9. The van der Waals surface area contributed by atoms with E-state index in [2.05, 4.69) is 0 Å². The molecule has 0 saturated carbocycles. The van der Waals surface area contributed by atoms with E-state index < -0.39 is 33.9 Å². The van der Waals surface area contributed by atoms with Gasteiger partial charge in [0.25, 0.3) is 0 Å². The predicted octanol–water partition coefficient (Wildman–Crippen LogP) is 6.20. The van der Waals surface area contributed by atoms with Gasteiger partial charge in [-0.05, 0) is 35.9 Å². The van der Waals surface area contributed by atoms with Crippen molar-refractivity contribution in [3.05, 3.63) is 99.1 Å². The topological polar surface area (TPSA) is 102 Å². The van der Waals surface area contributed by atoms with E-state index in [4.69, 9.17) is 9.47 Å². The molecule has 0 amide bonds. The summed E-state index contributed by atoms with van der Waals surface area (Å²) >= 11 is 0. The number of hydrogen-bond acceptors (Lipinski definition) is 6. The van der Waals surface area contributed by atoms with Crippen molar-refractivity contribution in [3.8, 4) is 23.3 Å². The first-order chi connectivity index (χ1) is 16.1. The van der Waals surface area contributed by atoms with Crippen LogP contribution < -0.4 is 9.47 Å². The molecule has 3 aromatic rings. The lowest BCUT2D eigenvalue weighted by molar-refractivity contribution is -0.385. The number of nitrogens with zero attached hydrogens (tertiary/aromatic N) is 2. The van der Waals surface area contributed by atoms with Crippen LogP contribution in [0.4, 0.5) is 18.9 Å². The first kappa shape index (κ1) is 24.0. The Morgan fingerprint density at radius 3 is 2.29 bits per heavy atom. The van der Waals surface area contributed by atoms with Crippen LogP contribution in [-0.2, 0) is 6.18 Å². The summed E-state index contributed by atoms with van der Waals surface area (Å²) in [4.78, 5) is 22.9. The third kappa shape index (κ3) is 5.39. The number of nitriles is 1. The Morgan fingerprint density at radius 1 is 1.03 bits per heavy atom. The molecule has 0 heterocycles. The number of alkyl halides is 3. The van der Waals surface area contributed by atoms with E-state index in [1.165, 1.54) is 31.4 Å². The maximum atomic E-state index is 12.9. The fourth-order valence-electron chi connectivity index (χ4n) is 2.96. The smallest absolute Gasteiger partial charge is 0.416 e. The van der Waals surface area contributed by atoms with Gasteiger partial charge in [0.15, 0.2) is 11.5 Å². The van der Waals surface area contributed by atoms with E-state index in [0.29, 0.717) is 23.3 Å². The lowest BCUT2D eigenvalue weighted by Gasteiger charge is -2.13. The Labute approximate surface area is 191 Å². The van der Waals surface area contributed by atoms with Crippen LogP contribution >= 0.6 is 0 Å². The molecular formula is C24H15F3N2O5. The molecule has 0 unspecified atom stereocenters. The zero-order valence-electron chi connectivity index (χ0n) is 17.5. The number of nitro groups is 1. The highest BCUT2D eigenvalue weighted by Crippen LogP contribution is 2.40. The summed E-state index contributed by atoms with van der Waals surface area (Å²) in [6.07, 6.45) is -3.42. The van der Waals surface area contributed by atoms with Gasteiger partial charge in [-0.25, -0.2) is 0 Å². The molecule has 3 rings (SSSR count). The van der Waals surface area contributed by atoms with Gasteiger partial charge in [0.1, 0.15) is 11.6 Å². The van der Waals surface area contributed by atoms with Crippen molar-refractivity contribution >= 4 is 17.5 Å². The van der Waals surface area contributed by atoms with Crippen LogP contribution in [0.15, 0.2) is 72.3 Å². The van der Waals surface area contributed by atoms with E-state index in [1.54, 1.807) is 30.3 Å². The number of carbonyl (C=O) groups excluding carboxylic acids is 1. The third-order valence-electron chi connectivity index (χ3n) is 4.60. The Bertz CT molecular complexity index is 1310. The molecule has 0 atom stereocenters. The van der Waals surface area contributed by atoms with Gasteiger partial charge in [0.05, 0.1) is 17.6 Å². The zero-order valence-corrected chi connectivity index (χ0v) is 17.5. The molecule has 0 saturated heterocycles. The Morgan fingerprint density at radius 2 is 1.71 bits per heavy atom. The second-order valence-corrected chi connectivity index (χ2v) is 6.81. The summed E-state index contributed by atoms with van der Waals surface area (Å²) in [5.41, 5.74) is -1.48. The fourth-order valence-corrected chi connectivity index (χ4v) is 2.96. The summed E-state index contributed by atoms with van der Waals surface area (Å²) in [7, 11) is 1.29. The molecule has 0 aromatic heterocycles. The summed E-state index contributed by atoms with van der Waals surface area (Å²) in [5, 5.41) is 20.7. The minimum absolute atomic E-state index is 0.0181. The number of carbonyl (C=O) groups is 1. The minimum Gasteiger partial charge on any atom is -0.493 e. The molecule has 0 aliphatic carbocycles. The monoisotopic (exact) mass is 468 g/mol. The van der Waals surface area contributed by atoms with Gasteiger partial charge in [-0.15, -0.1) is 0 Å². The number of methoxy groups -OCH3 is 1. The summed E-state index contributed by atoms with van der Waals surface area (Å²) < 4.78 is 49.4. The third-order valence-corrected chi connectivity index (χ3v) is 4.60. The van der Waals surface area contributed by atoms with Gasteiger partial charge in [-0.3, -0.25) is 14.9 Å². The van der Waals surface area contributed by atoms with Crippen molar-refractivity contribution < 1.29 is 32.4 Å². The Balaban J connectivity index is 1.95. The van der Waals surface area contributed by atoms with E-state index in [1.807, 2.05) is 6.07 Å². The molecule has 0 radical (unpaired) electrons. The number of benzene rings is 3. The van der Waals surface area contributed by atoms with Crippen LogP contribution in [0.25, 0.3) is 6.08 Å². The molecule has 172 valence electrons. The van der Waals surface area contributed by atoms with Gasteiger partial charge in [-0.1, -0.05) is 36.4 Å². The lowest BCUT2D eigenvalue weighted by Crippen LogP contribution is -2.06. The Kier molecular flexibility index (Phi) is 6.97. The van der Waals surface area contributed by atoms with Crippen LogP contribution in [0.3, 0.4) is 0 Å². The van der Waals surface area contributed by atoms with Crippen LogP contribution in [0, 0.1) is 21.4 Å². The molecule has 3 aromatic carbocycles. The molecule has 0 N–H and O–H groups in total. The van der Waals surface area contributed by atoms with Gasteiger partial charge < -0.3 is 9.47 Å². The van der Waals surface area contributed by atoms with Crippen LogP contribution in [-0.4, -0.2) is 17.8 Å². The maximum Gasteiger partial charge on any atom is 0.416 e. The summed E-state index contributed by atoms with van der Waals surface area (Å²) in [5.74, 6) is -0.845. The fraction of sp³-hybridized carbons (Fsp3) is 0.0833. The maximum absolute atomic E-state index is 12.9. The number of ketones is 1. The number of Topliss-reactive ketones (excluding diaryl/α,β-unsaturated/α-hetero) is 1. The van der Waals surface area contributed by atoms with Crippen molar-refractivity contribution in [1.82, 2.24) is 0 Å². The summed E-state index contributed by atoms with van der Waals surface area (Å²) in [6.45, 7) is 0. The van der Waals surface area contributed by atoms with Gasteiger partial charge in [0.2, 0.25) is 11.5 Å². The number of rotatable bonds is 7. The van der Waals surface area contributed by atoms with Crippen LogP contribution in [0.1, 0.15) is 21.5 Å². The van der Waals surface area contributed by atoms with E-state index >= 15 is 0 Å². The molecular weight excluding hydrogens is 453 g/mol. The molecule has 0 aliphatic heterocycles. The average Bonchev–Trinajstić information content (AvgIpc) is 2.82. The minimum atomic E-state index is -4.76. The number of halogens is 3. The van der Waals surface area contributed by atoms with Gasteiger partial charge >= 0.3 is 11.9 Å². The molecule has 0 fully saturated rings. The van der Waals surface area contributed by atoms with Crippen LogP contribution in [0.2, 0.25) is 0 Å². The number of nitro benzene ring substituents is 1. The Hall–Kier alpha value is -4.65. The van der Waals surface area contributed by atoms with Crippen molar-refractivity contribution in [1.29, 1.82) is 5.26 Å². The predicted molar refractivity (Wildman–Crippen MR) is 116 cm³/mol. The second-order valence-electron chi connectivity index (χ2n) is 6.81. The largest absolute Gasteiger partial charge is 0.493 e. The molecule has 10 heteroatoms. The second kappa shape index (κ2) is 9.87. The highest BCUT2D eigenvalue weighted by Gasteiger charge is 2.33. The molecule has 0 spiro atoms. The van der Waals surface area contributed by atoms with Crippen molar-refractivity contribution in [2.24, 2.45) is 0 Å². The van der Waals surface area contributed by atoms with Crippen LogP contribution in [0.5, 0.6) is 17.2 Å². The highest BCUT2D eigenvalue weighted by atomic mass is 19.4. The van der Waals surface area contributed by atoms with E-state index in [9.17, 15) is 33.3 Å². The lowest BCUT2D eigenvalue weighted by atomic mass is 10.0. The highest BCUT2D eigenvalue weighted by molar-refractivity contribution is 6.14. The van der Waals surface area contributed by atoms with E-state index in [-0.39, 0.29) is 17.1 Å². The van der Waals surface area contributed by atoms with Gasteiger partial charge in [-0.2, -0.15) is 18.4 Å². The SMILES string of the molecule is COc1cc(/C=C(\C#N)C(=O)c2ccccc2)ccc1Oc1ccc(C(F)(F)F)cc1[N+](=O)[O-]. The molecule has 34 heavy (non-hydrogen) atoms. The number of hydrogen-bond donors (Lipinski definition) is 0. The standard InChI is InChI=1S/C24H15F3N2O5/c1-33-22-12-15(11-17(14-28)23(30)16-5-3-2-4-6-16)7-9-21(22)34-20-10-8-18(24(25,26)27)13-19(20)29(31)32/h2-13H,1H3/b17-11+. The van der Waals surface area contributed by atoms with Crippen molar-refractivity contribution in [2.45, 2.75) is 6.18 Å². The molecule has 0 aliphatic rings. The van der Waals surface area contributed by atoms with Crippen molar-refractivity contribution in [2.75, 3.05) is 7.11 Å². The van der Waals surface area contributed by atoms with Gasteiger partial charge in [0, 0.05) is 11.6 Å².